The van der Waals surface area contributed by atoms with Gasteiger partial charge < -0.3 is 34.9 Å². The number of carbonyl (C=O) groups is 2. The van der Waals surface area contributed by atoms with Crippen LogP contribution in [0.25, 0.3) is 11.0 Å². The number of pyridine rings is 1. The van der Waals surface area contributed by atoms with Gasteiger partial charge in [0.25, 0.3) is 0 Å². The minimum absolute atomic E-state index is 0.108. The van der Waals surface area contributed by atoms with E-state index in [0.717, 1.165) is 5.56 Å². The van der Waals surface area contributed by atoms with Gasteiger partial charge in [-0.05, 0) is 18.1 Å². The first-order valence-corrected chi connectivity index (χ1v) is 10.9. The number of nitrogens with one attached hydrogen (secondary N) is 2. The van der Waals surface area contributed by atoms with Gasteiger partial charge in [0, 0.05) is 32.0 Å². The van der Waals surface area contributed by atoms with E-state index in [0.29, 0.717) is 42.0 Å². The van der Waals surface area contributed by atoms with Crippen LogP contribution in [0.3, 0.4) is 0 Å². The van der Waals surface area contributed by atoms with Crippen molar-refractivity contribution in [1.29, 1.82) is 0 Å². The Labute approximate surface area is 197 Å². The number of fused-ring (bicyclic) bond motifs is 1. The van der Waals surface area contributed by atoms with Crippen molar-refractivity contribution < 1.29 is 29.3 Å². The third-order valence-electron chi connectivity index (χ3n) is 5.30. The standard InChI is InChI=1S/C24H30N4O6/c1-33-11-10-28-22(24(32)34-2)21(27-20(31)9-8-16-6-4-3-5-7-16)19-12-17(13-26-23(19)28)25-14-18(30)15-29/h3-7,12-13,18,25,29-30H,8-11,14-15H2,1-2H3,(H,27,31)/t18-/m0/s1. The number of aromatic nitrogens is 2. The van der Waals surface area contributed by atoms with E-state index in [4.69, 9.17) is 14.6 Å². The number of aryl methyl sites for hydroxylation is 1. The van der Waals surface area contributed by atoms with Gasteiger partial charge in [0.05, 0.1) is 44.0 Å². The molecule has 2 heterocycles. The average molecular weight is 471 g/mol. The number of nitrogens with zero attached hydrogens (tertiary/aromatic N) is 2. The zero-order valence-electron chi connectivity index (χ0n) is 19.3. The van der Waals surface area contributed by atoms with Crippen molar-refractivity contribution in [1.82, 2.24) is 9.55 Å². The molecule has 0 aliphatic rings. The summed E-state index contributed by atoms with van der Waals surface area (Å²) in [4.78, 5) is 30.1. The average Bonchev–Trinajstić information content (AvgIpc) is 3.17. The molecule has 34 heavy (non-hydrogen) atoms. The molecular weight excluding hydrogens is 440 g/mol. The maximum atomic E-state index is 12.9. The second-order valence-corrected chi connectivity index (χ2v) is 7.71. The maximum absolute atomic E-state index is 12.9. The Balaban J connectivity index is 1.98. The van der Waals surface area contributed by atoms with E-state index in [9.17, 15) is 14.7 Å². The van der Waals surface area contributed by atoms with Crippen molar-refractivity contribution in [3.05, 3.63) is 53.9 Å². The van der Waals surface area contributed by atoms with Crippen LogP contribution in [-0.2, 0) is 27.2 Å². The molecule has 3 rings (SSSR count). The molecule has 0 spiro atoms. The van der Waals surface area contributed by atoms with Crippen LogP contribution in [0.4, 0.5) is 11.4 Å². The van der Waals surface area contributed by atoms with Gasteiger partial charge in [-0.1, -0.05) is 30.3 Å². The Morgan fingerprint density at radius 2 is 1.97 bits per heavy atom. The molecule has 2 aromatic heterocycles. The van der Waals surface area contributed by atoms with E-state index in [-0.39, 0.29) is 31.2 Å². The van der Waals surface area contributed by atoms with E-state index in [2.05, 4.69) is 15.6 Å². The monoisotopic (exact) mass is 470 g/mol. The number of benzene rings is 1. The first-order valence-electron chi connectivity index (χ1n) is 10.9. The van der Waals surface area contributed by atoms with Crippen molar-refractivity contribution in [3.63, 3.8) is 0 Å². The highest BCUT2D eigenvalue weighted by Gasteiger charge is 2.26. The molecule has 182 valence electrons. The summed E-state index contributed by atoms with van der Waals surface area (Å²) in [5, 5.41) is 25.1. The van der Waals surface area contributed by atoms with Gasteiger partial charge >= 0.3 is 5.97 Å². The molecule has 10 heteroatoms. The number of aliphatic hydroxyl groups is 2. The molecule has 0 radical (unpaired) electrons. The fourth-order valence-corrected chi connectivity index (χ4v) is 3.56. The van der Waals surface area contributed by atoms with Gasteiger partial charge in [-0.3, -0.25) is 4.79 Å². The molecule has 0 unspecified atom stereocenters. The largest absolute Gasteiger partial charge is 0.464 e. The fourth-order valence-electron chi connectivity index (χ4n) is 3.56. The summed E-state index contributed by atoms with van der Waals surface area (Å²) < 4.78 is 11.9. The second kappa shape index (κ2) is 12.1. The van der Waals surface area contributed by atoms with E-state index in [1.165, 1.54) is 7.11 Å². The summed E-state index contributed by atoms with van der Waals surface area (Å²) in [5.74, 6) is -0.869. The summed E-state index contributed by atoms with van der Waals surface area (Å²) in [6.07, 6.45) is 1.39. The number of aliphatic hydroxyl groups excluding tert-OH is 2. The Hall–Kier alpha value is -3.47. The highest BCUT2D eigenvalue weighted by atomic mass is 16.5. The lowest BCUT2D eigenvalue weighted by Gasteiger charge is -2.10. The van der Waals surface area contributed by atoms with Gasteiger partial charge in [-0.15, -0.1) is 0 Å². The molecule has 10 nitrogen and oxygen atoms in total. The number of anilines is 2. The minimum atomic E-state index is -0.940. The van der Waals surface area contributed by atoms with Crippen LogP contribution in [0.1, 0.15) is 22.5 Å². The van der Waals surface area contributed by atoms with Gasteiger partial charge in [0.2, 0.25) is 5.91 Å². The van der Waals surface area contributed by atoms with E-state index < -0.39 is 12.1 Å². The summed E-state index contributed by atoms with van der Waals surface area (Å²) in [7, 11) is 2.83. The van der Waals surface area contributed by atoms with Crippen LogP contribution >= 0.6 is 0 Å². The molecule has 0 aliphatic heterocycles. The first kappa shape index (κ1) is 25.2. The summed E-state index contributed by atoms with van der Waals surface area (Å²) in [6.45, 7) is 0.363. The molecule has 0 fully saturated rings. The molecule has 0 saturated heterocycles. The lowest BCUT2D eigenvalue weighted by atomic mass is 10.1. The predicted molar refractivity (Wildman–Crippen MR) is 128 cm³/mol. The second-order valence-electron chi connectivity index (χ2n) is 7.71. The number of esters is 1. The van der Waals surface area contributed by atoms with E-state index in [1.807, 2.05) is 30.3 Å². The highest BCUT2D eigenvalue weighted by molar-refractivity contribution is 6.11. The summed E-state index contributed by atoms with van der Waals surface area (Å²) >= 11 is 0. The predicted octanol–water partition coefficient (Wildman–Crippen LogP) is 1.81. The van der Waals surface area contributed by atoms with Gasteiger partial charge in [-0.2, -0.15) is 0 Å². The Kier molecular flexibility index (Phi) is 8.97. The number of carbonyl (C=O) groups excluding carboxylic acids is 2. The lowest BCUT2D eigenvalue weighted by Crippen LogP contribution is -2.22. The van der Waals surface area contributed by atoms with Crippen LogP contribution in [0.2, 0.25) is 0 Å². The van der Waals surface area contributed by atoms with Crippen LogP contribution in [0.5, 0.6) is 0 Å². The minimum Gasteiger partial charge on any atom is -0.464 e. The number of ether oxygens (including phenoxy) is 2. The normalized spacial score (nSPS) is 11.9. The maximum Gasteiger partial charge on any atom is 0.356 e. The molecular formula is C24H30N4O6. The SMILES string of the molecule is COCCn1c(C(=O)OC)c(NC(=O)CCc2ccccc2)c2cc(NC[C@H](O)CO)cnc21. The molecule has 0 aliphatic carbocycles. The van der Waals surface area contributed by atoms with Crippen LogP contribution in [0, 0.1) is 0 Å². The number of amides is 1. The van der Waals surface area contributed by atoms with Gasteiger partial charge in [0.15, 0.2) is 5.69 Å². The third kappa shape index (κ3) is 6.10. The fraction of sp³-hybridized carbons (Fsp3) is 0.375. The Morgan fingerprint density at radius 3 is 2.65 bits per heavy atom. The van der Waals surface area contributed by atoms with Gasteiger partial charge in [0.1, 0.15) is 5.65 Å². The van der Waals surface area contributed by atoms with Crippen LogP contribution in [-0.4, -0.2) is 71.7 Å². The molecule has 1 aromatic carbocycles. The zero-order valence-corrected chi connectivity index (χ0v) is 19.3. The first-order chi connectivity index (χ1) is 16.5. The smallest absolute Gasteiger partial charge is 0.356 e. The number of hydrogen-bond donors (Lipinski definition) is 4. The van der Waals surface area contributed by atoms with Crippen molar-refractivity contribution in [2.45, 2.75) is 25.5 Å². The van der Waals surface area contributed by atoms with Crippen LogP contribution < -0.4 is 10.6 Å². The molecule has 0 saturated carbocycles. The lowest BCUT2D eigenvalue weighted by molar-refractivity contribution is -0.116. The number of methoxy groups -OCH3 is 2. The van der Waals surface area contributed by atoms with E-state index >= 15 is 0 Å². The topological polar surface area (TPSA) is 135 Å². The van der Waals surface area contributed by atoms with Crippen molar-refractivity contribution in [2.75, 3.05) is 44.6 Å². The molecule has 1 amide bonds. The summed E-state index contributed by atoms with van der Waals surface area (Å²) in [6, 6.07) is 11.4. The Morgan fingerprint density at radius 1 is 1.21 bits per heavy atom. The number of rotatable bonds is 12. The van der Waals surface area contributed by atoms with E-state index in [1.54, 1.807) is 23.9 Å². The molecule has 0 bridgehead atoms. The molecule has 1 atom stereocenters. The summed E-state index contributed by atoms with van der Waals surface area (Å²) in [5.41, 5.74) is 2.53. The van der Waals surface area contributed by atoms with Gasteiger partial charge in [-0.25, -0.2) is 9.78 Å². The molecule has 3 aromatic rings. The van der Waals surface area contributed by atoms with Crippen molar-refractivity contribution >= 4 is 34.3 Å². The van der Waals surface area contributed by atoms with Crippen molar-refractivity contribution in [3.8, 4) is 0 Å². The van der Waals surface area contributed by atoms with Crippen molar-refractivity contribution in [2.24, 2.45) is 0 Å². The van der Waals surface area contributed by atoms with Crippen LogP contribution in [0.15, 0.2) is 42.6 Å². The zero-order chi connectivity index (χ0) is 24.5. The number of hydrogen-bond acceptors (Lipinski definition) is 8. The highest BCUT2D eigenvalue weighted by Crippen LogP contribution is 2.33. The third-order valence-corrected chi connectivity index (χ3v) is 5.30. The Bertz CT molecular complexity index is 1120. The quantitative estimate of drug-likeness (QED) is 0.294. The molecule has 4 N–H and O–H groups in total.